The van der Waals surface area contributed by atoms with Crippen molar-refractivity contribution in [1.29, 1.82) is 0 Å². The van der Waals surface area contributed by atoms with E-state index >= 15 is 0 Å². The quantitative estimate of drug-likeness (QED) is 0.607. The third kappa shape index (κ3) is 8.27. The van der Waals surface area contributed by atoms with Crippen molar-refractivity contribution >= 4 is 0 Å². The van der Waals surface area contributed by atoms with Gasteiger partial charge in [-0.05, 0) is 31.4 Å². The van der Waals surface area contributed by atoms with Gasteiger partial charge in [-0.3, -0.25) is 0 Å². The lowest BCUT2D eigenvalue weighted by molar-refractivity contribution is 0.0673. The normalized spacial score (nSPS) is 13.2. The maximum atomic E-state index is 5.67. The molecule has 0 aliphatic carbocycles. The van der Waals surface area contributed by atoms with Gasteiger partial charge >= 0.3 is 0 Å². The Kier molecular flexibility index (Phi) is 7.81. The Labute approximate surface area is 88.7 Å². The molecule has 1 unspecified atom stereocenters. The van der Waals surface area contributed by atoms with Crippen LogP contribution in [0.5, 0.6) is 0 Å². The van der Waals surface area contributed by atoms with Gasteiger partial charge in [-0.1, -0.05) is 27.4 Å². The minimum Gasteiger partial charge on any atom is -0.374 e. The SMILES string of the molecule is C=C(CNCC)COC(C)CC(C)C. The van der Waals surface area contributed by atoms with Crippen LogP contribution >= 0.6 is 0 Å². The molecule has 2 nitrogen and oxygen atoms in total. The van der Waals surface area contributed by atoms with Crippen molar-refractivity contribution in [2.45, 2.75) is 40.2 Å². The summed E-state index contributed by atoms with van der Waals surface area (Å²) in [4.78, 5) is 0. The number of rotatable bonds is 8. The van der Waals surface area contributed by atoms with Gasteiger partial charge in [0.25, 0.3) is 0 Å². The Morgan fingerprint density at radius 2 is 2.00 bits per heavy atom. The number of hydrogen-bond acceptors (Lipinski definition) is 2. The van der Waals surface area contributed by atoms with Crippen LogP contribution in [0.1, 0.15) is 34.1 Å². The molecule has 2 heteroatoms. The molecule has 0 aromatic heterocycles. The van der Waals surface area contributed by atoms with Crippen molar-refractivity contribution in [3.63, 3.8) is 0 Å². The fourth-order valence-electron chi connectivity index (χ4n) is 1.34. The average molecular weight is 199 g/mol. The monoisotopic (exact) mass is 199 g/mol. The van der Waals surface area contributed by atoms with Gasteiger partial charge in [-0.15, -0.1) is 0 Å². The summed E-state index contributed by atoms with van der Waals surface area (Å²) in [5.74, 6) is 0.701. The molecule has 84 valence electrons. The zero-order valence-corrected chi connectivity index (χ0v) is 10.1. The fourth-order valence-corrected chi connectivity index (χ4v) is 1.34. The molecule has 0 aliphatic rings. The summed E-state index contributed by atoms with van der Waals surface area (Å²) in [6.07, 6.45) is 1.46. The molecule has 0 saturated carbocycles. The molecule has 0 bridgehead atoms. The van der Waals surface area contributed by atoms with Gasteiger partial charge in [0.1, 0.15) is 0 Å². The summed E-state index contributed by atoms with van der Waals surface area (Å²) in [6.45, 7) is 15.1. The molecule has 0 fully saturated rings. The lowest BCUT2D eigenvalue weighted by atomic mass is 10.1. The summed E-state index contributed by atoms with van der Waals surface area (Å²) in [5.41, 5.74) is 1.13. The summed E-state index contributed by atoms with van der Waals surface area (Å²) in [7, 11) is 0. The first-order valence-corrected chi connectivity index (χ1v) is 5.55. The first-order chi connectivity index (χ1) is 6.56. The lowest BCUT2D eigenvalue weighted by Gasteiger charge is -2.16. The Bertz CT molecular complexity index is 154. The molecule has 0 aliphatic heterocycles. The topological polar surface area (TPSA) is 21.3 Å². The molecule has 1 N–H and O–H groups in total. The van der Waals surface area contributed by atoms with E-state index in [1.54, 1.807) is 0 Å². The Morgan fingerprint density at radius 1 is 1.36 bits per heavy atom. The van der Waals surface area contributed by atoms with Crippen molar-refractivity contribution in [2.24, 2.45) is 5.92 Å². The zero-order valence-electron chi connectivity index (χ0n) is 10.1. The van der Waals surface area contributed by atoms with Gasteiger partial charge < -0.3 is 10.1 Å². The zero-order chi connectivity index (χ0) is 11.0. The second-order valence-electron chi connectivity index (χ2n) is 4.28. The predicted octanol–water partition coefficient (Wildman–Crippen LogP) is 2.60. The summed E-state index contributed by atoms with van der Waals surface area (Å²) in [6, 6.07) is 0. The largest absolute Gasteiger partial charge is 0.374 e. The van der Waals surface area contributed by atoms with Crippen molar-refractivity contribution < 1.29 is 4.74 Å². The van der Waals surface area contributed by atoms with Crippen molar-refractivity contribution in [1.82, 2.24) is 5.32 Å². The molecular formula is C12H25NO. The average Bonchev–Trinajstić information content (AvgIpc) is 2.10. The van der Waals surface area contributed by atoms with Gasteiger partial charge in [0, 0.05) is 6.54 Å². The standard InChI is InChI=1S/C12H25NO/c1-6-13-8-11(4)9-14-12(5)7-10(2)3/h10,12-13H,4,6-9H2,1-3,5H3. The van der Waals surface area contributed by atoms with Gasteiger partial charge in [-0.2, -0.15) is 0 Å². The van der Waals surface area contributed by atoms with Crippen LogP contribution in [0.3, 0.4) is 0 Å². The number of nitrogens with one attached hydrogen (secondary N) is 1. The van der Waals surface area contributed by atoms with Gasteiger partial charge in [0.15, 0.2) is 0 Å². The molecule has 0 saturated heterocycles. The van der Waals surface area contributed by atoms with Crippen molar-refractivity contribution in [2.75, 3.05) is 19.7 Å². The van der Waals surface area contributed by atoms with E-state index in [9.17, 15) is 0 Å². The minimum absolute atomic E-state index is 0.341. The highest BCUT2D eigenvalue weighted by molar-refractivity contribution is 4.96. The Balaban J connectivity index is 3.45. The molecule has 1 atom stereocenters. The maximum Gasteiger partial charge on any atom is 0.0690 e. The first kappa shape index (κ1) is 13.7. The molecule has 0 heterocycles. The second kappa shape index (κ2) is 8.01. The van der Waals surface area contributed by atoms with E-state index in [0.717, 1.165) is 25.1 Å². The molecule has 0 rings (SSSR count). The van der Waals surface area contributed by atoms with E-state index in [1.165, 1.54) is 0 Å². The lowest BCUT2D eigenvalue weighted by Crippen LogP contribution is -2.20. The highest BCUT2D eigenvalue weighted by Crippen LogP contribution is 2.08. The third-order valence-corrected chi connectivity index (χ3v) is 2.00. The van der Waals surface area contributed by atoms with E-state index in [-0.39, 0.29) is 0 Å². The molecular weight excluding hydrogens is 174 g/mol. The molecule has 0 aromatic carbocycles. The highest BCUT2D eigenvalue weighted by Gasteiger charge is 2.05. The Morgan fingerprint density at radius 3 is 2.50 bits per heavy atom. The van der Waals surface area contributed by atoms with E-state index in [4.69, 9.17) is 4.74 Å². The molecule has 0 spiro atoms. The predicted molar refractivity (Wildman–Crippen MR) is 62.6 cm³/mol. The van der Waals surface area contributed by atoms with E-state index in [0.29, 0.717) is 18.6 Å². The fraction of sp³-hybridized carbons (Fsp3) is 0.833. The maximum absolute atomic E-state index is 5.67. The molecule has 0 aromatic rings. The Hall–Kier alpha value is -0.340. The van der Waals surface area contributed by atoms with E-state index < -0.39 is 0 Å². The van der Waals surface area contributed by atoms with Crippen LogP contribution in [0.25, 0.3) is 0 Å². The van der Waals surface area contributed by atoms with Crippen LogP contribution in [-0.4, -0.2) is 25.8 Å². The molecule has 0 radical (unpaired) electrons. The van der Waals surface area contributed by atoms with E-state index in [1.807, 2.05) is 0 Å². The van der Waals surface area contributed by atoms with Crippen LogP contribution in [0.15, 0.2) is 12.2 Å². The second-order valence-corrected chi connectivity index (χ2v) is 4.28. The van der Waals surface area contributed by atoms with Crippen LogP contribution in [-0.2, 0) is 4.74 Å². The third-order valence-electron chi connectivity index (χ3n) is 2.00. The van der Waals surface area contributed by atoms with Crippen LogP contribution < -0.4 is 5.32 Å². The summed E-state index contributed by atoms with van der Waals surface area (Å²) >= 11 is 0. The smallest absolute Gasteiger partial charge is 0.0690 e. The molecule has 14 heavy (non-hydrogen) atoms. The highest BCUT2D eigenvalue weighted by atomic mass is 16.5. The van der Waals surface area contributed by atoms with Crippen molar-refractivity contribution in [3.05, 3.63) is 12.2 Å². The van der Waals surface area contributed by atoms with Crippen molar-refractivity contribution in [3.8, 4) is 0 Å². The van der Waals surface area contributed by atoms with Gasteiger partial charge in [0.2, 0.25) is 0 Å². The number of ether oxygens (including phenoxy) is 1. The van der Waals surface area contributed by atoms with Crippen LogP contribution in [0.4, 0.5) is 0 Å². The number of hydrogen-bond donors (Lipinski definition) is 1. The van der Waals surface area contributed by atoms with Gasteiger partial charge in [-0.25, -0.2) is 0 Å². The van der Waals surface area contributed by atoms with Crippen LogP contribution in [0, 0.1) is 5.92 Å². The van der Waals surface area contributed by atoms with Crippen LogP contribution in [0.2, 0.25) is 0 Å². The summed E-state index contributed by atoms with van der Waals surface area (Å²) in [5, 5.41) is 3.23. The summed E-state index contributed by atoms with van der Waals surface area (Å²) < 4.78 is 5.67. The number of likely N-dealkylation sites (N-methyl/N-ethyl adjacent to an activating group) is 1. The van der Waals surface area contributed by atoms with E-state index in [2.05, 4.69) is 39.6 Å². The van der Waals surface area contributed by atoms with Gasteiger partial charge in [0.05, 0.1) is 12.7 Å². The molecule has 0 amide bonds. The minimum atomic E-state index is 0.341. The first-order valence-electron chi connectivity index (χ1n) is 5.55.